The van der Waals surface area contributed by atoms with E-state index in [-0.39, 0.29) is 0 Å². The van der Waals surface area contributed by atoms with Crippen molar-refractivity contribution >= 4 is 5.97 Å². The van der Waals surface area contributed by atoms with Gasteiger partial charge in [0.15, 0.2) is 0 Å². The number of ether oxygens (including phenoxy) is 1. The summed E-state index contributed by atoms with van der Waals surface area (Å²) in [5, 5.41) is 8.61. The maximum absolute atomic E-state index is 10.5. The second-order valence-corrected chi connectivity index (χ2v) is 3.86. The average molecular weight is 234 g/mol. The van der Waals surface area contributed by atoms with Gasteiger partial charge in [-0.15, -0.1) is 0 Å². The third-order valence-corrected chi connectivity index (χ3v) is 2.44. The normalized spacial score (nSPS) is 11.5. The zero-order chi connectivity index (χ0) is 12.5. The largest absolute Gasteiger partial charge is 0.478 e. The maximum atomic E-state index is 10.5. The highest BCUT2D eigenvalue weighted by Crippen LogP contribution is 2.02. The molecule has 0 amide bonds. The first-order chi connectivity index (χ1) is 8.20. The summed E-state index contributed by atoms with van der Waals surface area (Å²) in [5.74, 6) is -0.891. The van der Waals surface area contributed by atoms with Gasteiger partial charge in [-0.2, -0.15) is 0 Å². The lowest BCUT2D eigenvalue weighted by Crippen LogP contribution is -2.01. The molecule has 0 bridgehead atoms. The molecular formula is C14H18O3. The van der Waals surface area contributed by atoms with E-state index in [0.29, 0.717) is 18.8 Å². The molecule has 1 aromatic carbocycles. The fourth-order valence-corrected chi connectivity index (χ4v) is 1.38. The number of hydrogen-bond donors (Lipinski definition) is 1. The smallest absolute Gasteiger partial charge is 0.331 e. The van der Waals surface area contributed by atoms with Crippen LogP contribution in [0.3, 0.4) is 0 Å². The van der Waals surface area contributed by atoms with Crippen molar-refractivity contribution in [2.24, 2.45) is 0 Å². The van der Waals surface area contributed by atoms with Crippen molar-refractivity contribution in [3.05, 3.63) is 47.5 Å². The van der Waals surface area contributed by atoms with E-state index in [1.54, 1.807) is 13.0 Å². The number of hydrogen-bond acceptors (Lipinski definition) is 2. The van der Waals surface area contributed by atoms with E-state index < -0.39 is 5.97 Å². The van der Waals surface area contributed by atoms with Gasteiger partial charge < -0.3 is 9.84 Å². The average Bonchev–Trinajstić information content (AvgIpc) is 2.34. The van der Waals surface area contributed by atoms with Crippen LogP contribution in [-0.2, 0) is 16.0 Å². The standard InChI is InChI=1S/C14H18O3/c1-12(14(15)16)9-11-17-10-5-8-13-6-3-2-4-7-13/h2-4,6-7,9H,5,8,10-11H2,1H3,(H,15,16). The van der Waals surface area contributed by atoms with E-state index in [1.165, 1.54) is 5.56 Å². The van der Waals surface area contributed by atoms with Gasteiger partial charge in [0.05, 0.1) is 6.61 Å². The molecule has 0 saturated carbocycles. The minimum atomic E-state index is -0.891. The molecule has 0 saturated heterocycles. The van der Waals surface area contributed by atoms with Crippen LogP contribution in [0, 0.1) is 0 Å². The van der Waals surface area contributed by atoms with Crippen molar-refractivity contribution in [3.63, 3.8) is 0 Å². The molecule has 0 aromatic heterocycles. The van der Waals surface area contributed by atoms with Gasteiger partial charge in [-0.25, -0.2) is 4.79 Å². The number of rotatable bonds is 7. The van der Waals surface area contributed by atoms with Crippen LogP contribution in [-0.4, -0.2) is 24.3 Å². The van der Waals surface area contributed by atoms with Crippen molar-refractivity contribution in [1.82, 2.24) is 0 Å². The number of carboxylic acids is 1. The van der Waals surface area contributed by atoms with E-state index >= 15 is 0 Å². The SMILES string of the molecule is CC(=CCOCCCc1ccccc1)C(=O)O. The van der Waals surface area contributed by atoms with Crippen LogP contribution < -0.4 is 0 Å². The van der Waals surface area contributed by atoms with Gasteiger partial charge in [-0.1, -0.05) is 30.3 Å². The molecule has 0 aliphatic carbocycles. The molecule has 0 fully saturated rings. The fourth-order valence-electron chi connectivity index (χ4n) is 1.38. The molecule has 3 heteroatoms. The molecule has 0 heterocycles. The summed E-state index contributed by atoms with van der Waals surface area (Å²) < 4.78 is 5.34. The highest BCUT2D eigenvalue weighted by atomic mass is 16.5. The summed E-state index contributed by atoms with van der Waals surface area (Å²) in [5.41, 5.74) is 1.63. The van der Waals surface area contributed by atoms with Crippen molar-refractivity contribution < 1.29 is 14.6 Å². The van der Waals surface area contributed by atoms with Gasteiger partial charge in [-0.3, -0.25) is 0 Å². The highest BCUT2D eigenvalue weighted by molar-refractivity contribution is 5.85. The molecule has 92 valence electrons. The van der Waals surface area contributed by atoms with Crippen LogP contribution in [0.1, 0.15) is 18.9 Å². The van der Waals surface area contributed by atoms with Gasteiger partial charge in [0.25, 0.3) is 0 Å². The van der Waals surface area contributed by atoms with Crippen molar-refractivity contribution in [3.8, 4) is 0 Å². The molecule has 0 atom stereocenters. The molecule has 1 rings (SSSR count). The van der Waals surface area contributed by atoms with E-state index in [4.69, 9.17) is 9.84 Å². The zero-order valence-corrected chi connectivity index (χ0v) is 10.1. The minimum absolute atomic E-state index is 0.327. The lowest BCUT2D eigenvalue weighted by atomic mass is 10.1. The van der Waals surface area contributed by atoms with Crippen LogP contribution in [0.25, 0.3) is 0 Å². The van der Waals surface area contributed by atoms with Gasteiger partial charge in [0.2, 0.25) is 0 Å². The second-order valence-electron chi connectivity index (χ2n) is 3.86. The quantitative estimate of drug-likeness (QED) is 0.582. The first-order valence-electron chi connectivity index (χ1n) is 5.72. The summed E-state index contributed by atoms with van der Waals surface area (Å²) in [7, 11) is 0. The van der Waals surface area contributed by atoms with Crippen LogP contribution in [0.15, 0.2) is 42.0 Å². The fraction of sp³-hybridized carbons (Fsp3) is 0.357. The molecule has 0 radical (unpaired) electrons. The Morgan fingerprint density at radius 1 is 1.35 bits per heavy atom. The second kappa shape index (κ2) is 7.63. The lowest BCUT2D eigenvalue weighted by molar-refractivity contribution is -0.132. The van der Waals surface area contributed by atoms with E-state index in [0.717, 1.165) is 12.8 Å². The third kappa shape index (κ3) is 5.88. The Labute approximate surface area is 102 Å². The predicted molar refractivity (Wildman–Crippen MR) is 67.0 cm³/mol. The van der Waals surface area contributed by atoms with Crippen LogP contribution >= 0.6 is 0 Å². The van der Waals surface area contributed by atoms with E-state index in [9.17, 15) is 4.79 Å². The van der Waals surface area contributed by atoms with E-state index in [2.05, 4.69) is 12.1 Å². The number of aryl methyl sites for hydroxylation is 1. The third-order valence-electron chi connectivity index (χ3n) is 2.44. The summed E-state index contributed by atoms with van der Waals surface area (Å²) >= 11 is 0. The lowest BCUT2D eigenvalue weighted by Gasteiger charge is -2.02. The summed E-state index contributed by atoms with van der Waals surface area (Å²) in [6.07, 6.45) is 3.53. The van der Waals surface area contributed by atoms with Crippen LogP contribution in [0.4, 0.5) is 0 Å². The number of carbonyl (C=O) groups is 1. The molecule has 0 unspecified atom stereocenters. The van der Waals surface area contributed by atoms with Gasteiger partial charge >= 0.3 is 5.97 Å². The van der Waals surface area contributed by atoms with Crippen LogP contribution in [0.2, 0.25) is 0 Å². The molecule has 0 aliphatic rings. The van der Waals surface area contributed by atoms with Crippen molar-refractivity contribution in [2.45, 2.75) is 19.8 Å². The van der Waals surface area contributed by atoms with Crippen molar-refractivity contribution in [1.29, 1.82) is 0 Å². The number of carboxylic acid groups (broad SMARTS) is 1. The molecule has 0 spiro atoms. The predicted octanol–water partition coefficient (Wildman–Crippen LogP) is 2.67. The molecule has 17 heavy (non-hydrogen) atoms. The molecular weight excluding hydrogens is 216 g/mol. The topological polar surface area (TPSA) is 46.5 Å². The molecule has 3 nitrogen and oxygen atoms in total. The Balaban J connectivity index is 2.10. The molecule has 1 aromatic rings. The Hall–Kier alpha value is -1.61. The Bertz CT molecular complexity index is 368. The van der Waals surface area contributed by atoms with Gasteiger partial charge in [0, 0.05) is 12.2 Å². The van der Waals surface area contributed by atoms with Crippen molar-refractivity contribution in [2.75, 3.05) is 13.2 Å². The van der Waals surface area contributed by atoms with Gasteiger partial charge in [0.1, 0.15) is 0 Å². The Morgan fingerprint density at radius 3 is 2.71 bits per heavy atom. The minimum Gasteiger partial charge on any atom is -0.478 e. The zero-order valence-electron chi connectivity index (χ0n) is 10.1. The summed E-state index contributed by atoms with van der Waals surface area (Å²) in [4.78, 5) is 10.5. The number of benzene rings is 1. The molecule has 1 N–H and O–H groups in total. The highest BCUT2D eigenvalue weighted by Gasteiger charge is 1.97. The first kappa shape index (κ1) is 13.5. The Morgan fingerprint density at radius 2 is 2.06 bits per heavy atom. The monoisotopic (exact) mass is 234 g/mol. The van der Waals surface area contributed by atoms with E-state index in [1.807, 2.05) is 18.2 Å². The van der Waals surface area contributed by atoms with Gasteiger partial charge in [-0.05, 0) is 31.4 Å². The number of aliphatic carboxylic acids is 1. The molecule has 0 aliphatic heterocycles. The maximum Gasteiger partial charge on any atom is 0.331 e. The van der Waals surface area contributed by atoms with Crippen LogP contribution in [0.5, 0.6) is 0 Å². The summed E-state index contributed by atoms with van der Waals surface area (Å²) in [6, 6.07) is 10.2. The first-order valence-corrected chi connectivity index (χ1v) is 5.72. The Kier molecular flexibility index (Phi) is 6.04. The summed E-state index contributed by atoms with van der Waals surface area (Å²) in [6.45, 7) is 2.58.